The van der Waals surface area contributed by atoms with Crippen LogP contribution in [0.3, 0.4) is 0 Å². The number of methoxy groups -OCH3 is 2. The van der Waals surface area contributed by atoms with Crippen molar-refractivity contribution in [2.24, 2.45) is 0 Å². The average molecular weight is 461 g/mol. The van der Waals surface area contributed by atoms with Crippen LogP contribution in [0.25, 0.3) is 11.4 Å². The molecule has 0 amide bonds. The number of nitrogens with zero attached hydrogens (tertiary/aromatic N) is 4. The van der Waals surface area contributed by atoms with Crippen molar-refractivity contribution in [3.05, 3.63) is 24.0 Å². The van der Waals surface area contributed by atoms with Crippen LogP contribution < -0.4 is 14.8 Å². The van der Waals surface area contributed by atoms with Crippen molar-refractivity contribution in [2.75, 3.05) is 39.7 Å². The maximum Gasteiger partial charge on any atom is 0.250 e. The third-order valence-electron chi connectivity index (χ3n) is 4.96. The Morgan fingerprint density at radius 1 is 1.14 bits per heavy atom. The molecule has 0 saturated carbocycles. The summed E-state index contributed by atoms with van der Waals surface area (Å²) in [5, 5.41) is 3.25. The molecule has 0 bridgehead atoms. The van der Waals surface area contributed by atoms with Crippen LogP contribution in [0.15, 0.2) is 18.2 Å². The van der Waals surface area contributed by atoms with Crippen LogP contribution >= 0.6 is 34.8 Å². The molecule has 1 N–H and O–H groups in total. The number of rotatable bonds is 7. The molecule has 1 aliphatic rings. The number of benzene rings is 1. The number of hydrogen-bond donors (Lipinski definition) is 1. The Morgan fingerprint density at radius 3 is 2.52 bits per heavy atom. The lowest BCUT2D eigenvalue weighted by atomic mass is 10.1. The van der Waals surface area contributed by atoms with Gasteiger partial charge in [0.05, 0.1) is 14.2 Å². The van der Waals surface area contributed by atoms with Crippen molar-refractivity contribution in [3.8, 4) is 22.9 Å². The molecule has 29 heavy (non-hydrogen) atoms. The molecule has 0 aliphatic carbocycles. The van der Waals surface area contributed by atoms with E-state index in [0.29, 0.717) is 41.4 Å². The molecule has 1 atom stereocenters. The molecule has 3 rings (SSSR count). The van der Waals surface area contributed by atoms with Crippen LogP contribution in [0.1, 0.15) is 25.1 Å². The Balaban J connectivity index is 1.86. The number of hydrogen-bond acceptors (Lipinski definition) is 7. The monoisotopic (exact) mass is 459 g/mol. The topological polar surface area (TPSA) is 72.4 Å². The summed E-state index contributed by atoms with van der Waals surface area (Å²) in [7, 11) is 5.29. The zero-order valence-corrected chi connectivity index (χ0v) is 18.9. The van der Waals surface area contributed by atoms with E-state index < -0.39 is 3.79 Å². The highest BCUT2D eigenvalue weighted by molar-refractivity contribution is 6.66. The van der Waals surface area contributed by atoms with E-state index in [4.69, 9.17) is 44.3 Å². The smallest absolute Gasteiger partial charge is 0.250 e. The summed E-state index contributed by atoms with van der Waals surface area (Å²) in [6, 6.07) is 5.92. The van der Waals surface area contributed by atoms with E-state index in [0.717, 1.165) is 13.0 Å². The van der Waals surface area contributed by atoms with Crippen LogP contribution in [-0.2, 0) is 3.79 Å². The molecular weight excluding hydrogens is 437 g/mol. The Labute approximate surface area is 185 Å². The van der Waals surface area contributed by atoms with Crippen molar-refractivity contribution in [2.45, 2.75) is 29.1 Å². The van der Waals surface area contributed by atoms with Crippen LogP contribution in [0.2, 0.25) is 0 Å². The second kappa shape index (κ2) is 9.51. The molecule has 0 radical (unpaired) electrons. The molecule has 158 valence electrons. The number of likely N-dealkylation sites (tertiary alicyclic amines) is 1. The number of aromatic nitrogens is 3. The van der Waals surface area contributed by atoms with Gasteiger partial charge in [-0.2, -0.15) is 9.97 Å². The SMILES string of the molecule is COc1ccc(-c2nc(NCCC3CCCN3C)nc(C(Cl)(Cl)Cl)n2)cc1OC. The highest BCUT2D eigenvalue weighted by Crippen LogP contribution is 2.37. The van der Waals surface area contributed by atoms with Gasteiger partial charge in [-0.3, -0.25) is 0 Å². The summed E-state index contributed by atoms with van der Waals surface area (Å²) in [5.74, 6) is 1.96. The van der Waals surface area contributed by atoms with Crippen LogP contribution in [0.5, 0.6) is 11.5 Å². The second-order valence-corrected chi connectivity index (χ2v) is 9.15. The first kappa shape index (κ1) is 22.2. The standard InChI is InChI=1S/C19H24Cl3N5O2/c1-27-10-4-5-13(27)8-9-23-18-25-16(24-17(26-18)19(20,21)22)12-6-7-14(28-2)15(11-12)29-3/h6-7,11,13H,4-5,8-10H2,1-3H3,(H,23,24,25,26). The first-order valence-corrected chi connectivity index (χ1v) is 10.4. The van der Waals surface area contributed by atoms with Crippen LogP contribution in [-0.4, -0.2) is 60.3 Å². The predicted octanol–water partition coefficient (Wildman–Crippen LogP) is 4.28. The Bertz CT molecular complexity index is 847. The maximum atomic E-state index is 6.05. The van der Waals surface area contributed by atoms with Crippen molar-refractivity contribution in [1.29, 1.82) is 0 Å². The largest absolute Gasteiger partial charge is 0.493 e. The predicted molar refractivity (Wildman–Crippen MR) is 116 cm³/mol. The van der Waals surface area contributed by atoms with Crippen LogP contribution in [0, 0.1) is 0 Å². The fourth-order valence-electron chi connectivity index (χ4n) is 3.38. The molecule has 0 spiro atoms. The zero-order chi connectivity index (χ0) is 21.0. The molecule has 1 saturated heterocycles. The Hall–Kier alpha value is -1.54. The van der Waals surface area contributed by atoms with Gasteiger partial charge in [0.25, 0.3) is 0 Å². The molecular formula is C19H24Cl3N5O2. The van der Waals surface area contributed by atoms with E-state index in [2.05, 4.69) is 32.2 Å². The van der Waals surface area contributed by atoms with E-state index >= 15 is 0 Å². The number of alkyl halides is 3. The maximum absolute atomic E-state index is 6.05. The normalized spacial score (nSPS) is 17.4. The number of ether oxygens (including phenoxy) is 2. The van der Waals surface area contributed by atoms with Gasteiger partial charge in [-0.05, 0) is 51.1 Å². The lowest BCUT2D eigenvalue weighted by Crippen LogP contribution is -2.27. The van der Waals surface area contributed by atoms with Crippen molar-refractivity contribution < 1.29 is 9.47 Å². The van der Waals surface area contributed by atoms with Gasteiger partial charge in [-0.1, -0.05) is 34.8 Å². The highest BCUT2D eigenvalue weighted by atomic mass is 35.6. The molecule has 2 heterocycles. The zero-order valence-electron chi connectivity index (χ0n) is 16.6. The summed E-state index contributed by atoms with van der Waals surface area (Å²) in [6.45, 7) is 1.85. The van der Waals surface area contributed by atoms with Gasteiger partial charge in [-0.15, -0.1) is 0 Å². The van der Waals surface area contributed by atoms with Gasteiger partial charge in [0.15, 0.2) is 23.1 Å². The third-order valence-corrected chi connectivity index (χ3v) is 5.47. The third kappa shape index (κ3) is 5.54. The van der Waals surface area contributed by atoms with Gasteiger partial charge in [0, 0.05) is 18.2 Å². The van der Waals surface area contributed by atoms with E-state index in [9.17, 15) is 0 Å². The van der Waals surface area contributed by atoms with Gasteiger partial charge >= 0.3 is 0 Å². The quantitative estimate of drug-likeness (QED) is 0.618. The first-order valence-electron chi connectivity index (χ1n) is 9.31. The summed E-state index contributed by atoms with van der Waals surface area (Å²) in [4.78, 5) is 15.5. The summed E-state index contributed by atoms with van der Waals surface area (Å²) >= 11 is 18.2. The molecule has 1 aliphatic heterocycles. The van der Waals surface area contributed by atoms with Gasteiger partial charge in [0.2, 0.25) is 9.74 Å². The van der Waals surface area contributed by atoms with Crippen molar-refractivity contribution in [1.82, 2.24) is 19.9 Å². The molecule has 10 heteroatoms. The van der Waals surface area contributed by atoms with E-state index in [1.165, 1.54) is 12.8 Å². The van der Waals surface area contributed by atoms with E-state index in [-0.39, 0.29) is 5.82 Å². The minimum Gasteiger partial charge on any atom is -0.493 e. The lowest BCUT2D eigenvalue weighted by molar-refractivity contribution is 0.301. The summed E-state index contributed by atoms with van der Waals surface area (Å²) in [5.41, 5.74) is 0.694. The van der Waals surface area contributed by atoms with Gasteiger partial charge in [-0.25, -0.2) is 4.98 Å². The van der Waals surface area contributed by atoms with Crippen molar-refractivity contribution >= 4 is 40.8 Å². The molecule has 1 fully saturated rings. The van der Waals surface area contributed by atoms with Crippen LogP contribution in [0.4, 0.5) is 5.95 Å². The minimum atomic E-state index is -1.77. The molecule has 1 unspecified atom stereocenters. The summed E-state index contributed by atoms with van der Waals surface area (Å²) in [6.07, 6.45) is 3.41. The molecule has 2 aromatic rings. The first-order chi connectivity index (χ1) is 13.8. The molecule has 1 aromatic carbocycles. The van der Waals surface area contributed by atoms with Crippen molar-refractivity contribution in [3.63, 3.8) is 0 Å². The fraction of sp³-hybridized carbons (Fsp3) is 0.526. The lowest BCUT2D eigenvalue weighted by Gasteiger charge is -2.19. The molecule has 1 aromatic heterocycles. The fourth-order valence-corrected chi connectivity index (χ4v) is 3.63. The number of nitrogens with one attached hydrogen (secondary N) is 1. The van der Waals surface area contributed by atoms with Gasteiger partial charge in [0.1, 0.15) is 0 Å². The van der Waals surface area contributed by atoms with E-state index in [1.807, 2.05) is 6.07 Å². The second-order valence-electron chi connectivity index (χ2n) is 6.87. The number of anilines is 1. The summed E-state index contributed by atoms with van der Waals surface area (Å²) < 4.78 is 8.88. The average Bonchev–Trinajstić information content (AvgIpc) is 3.11. The highest BCUT2D eigenvalue weighted by Gasteiger charge is 2.29. The Morgan fingerprint density at radius 2 is 1.90 bits per heavy atom. The Kier molecular flexibility index (Phi) is 7.27. The minimum absolute atomic E-state index is 0.0581. The van der Waals surface area contributed by atoms with Gasteiger partial charge < -0.3 is 19.7 Å². The number of halogens is 3. The van der Waals surface area contributed by atoms with E-state index in [1.54, 1.807) is 26.4 Å². The molecule has 7 nitrogen and oxygen atoms in total.